The van der Waals surface area contributed by atoms with Gasteiger partial charge in [0.2, 0.25) is 0 Å². The van der Waals surface area contributed by atoms with Crippen LogP contribution in [-0.2, 0) is 7.05 Å². The molecule has 0 saturated carbocycles. The molecule has 0 N–H and O–H groups in total. The Morgan fingerprint density at radius 3 is 2.55 bits per heavy atom. The van der Waals surface area contributed by atoms with Crippen LogP contribution < -0.4 is 10.5 Å². The topological polar surface area (TPSA) is 74.6 Å². The van der Waals surface area contributed by atoms with Crippen molar-refractivity contribution in [3.63, 3.8) is 0 Å². The Labute approximate surface area is 170 Å². The lowest BCUT2D eigenvalue weighted by Gasteiger charge is -2.34. The quantitative estimate of drug-likeness (QED) is 0.766. The van der Waals surface area contributed by atoms with Crippen molar-refractivity contribution in [1.29, 1.82) is 0 Å². The van der Waals surface area contributed by atoms with Gasteiger partial charge in [-0.1, -0.05) is 0 Å². The van der Waals surface area contributed by atoms with Crippen LogP contribution in [0.3, 0.4) is 0 Å². The van der Waals surface area contributed by atoms with Crippen molar-refractivity contribution in [2.24, 2.45) is 7.05 Å². The minimum absolute atomic E-state index is 0.130. The van der Waals surface area contributed by atoms with E-state index in [0.717, 1.165) is 44.0 Å². The molecule has 0 spiro atoms. The number of pyridine rings is 1. The number of piperazine rings is 1. The Balaban J connectivity index is 1.49. The molecule has 0 aromatic carbocycles. The van der Waals surface area contributed by atoms with E-state index in [1.54, 1.807) is 7.05 Å². The van der Waals surface area contributed by atoms with Crippen molar-refractivity contribution in [3.05, 3.63) is 51.7 Å². The van der Waals surface area contributed by atoms with Crippen LogP contribution in [0.1, 0.15) is 34.2 Å². The molecule has 29 heavy (non-hydrogen) atoms. The van der Waals surface area contributed by atoms with Crippen molar-refractivity contribution >= 4 is 11.6 Å². The summed E-state index contributed by atoms with van der Waals surface area (Å²) in [6.45, 7) is 7.51. The molecular weight excluding hydrogens is 368 g/mol. The van der Waals surface area contributed by atoms with Crippen LogP contribution >= 0.6 is 0 Å². The molecule has 4 heterocycles. The first-order valence-electron chi connectivity index (χ1n) is 10.2. The zero-order chi connectivity index (χ0) is 20.5. The molecule has 2 aliphatic heterocycles. The average molecular weight is 396 g/mol. The first-order chi connectivity index (χ1) is 13.9. The molecule has 4 rings (SSSR count). The first-order valence-corrected chi connectivity index (χ1v) is 10.2. The third kappa shape index (κ3) is 4.17. The molecule has 1 amide bonds. The summed E-state index contributed by atoms with van der Waals surface area (Å²) < 4.78 is 1.20. The number of likely N-dealkylation sites (N-methyl/N-ethyl adjacent to an activating group) is 1. The lowest BCUT2D eigenvalue weighted by atomic mass is 10.0. The molecule has 0 bridgehead atoms. The number of carbonyl (C=O) groups excluding carboxylic acids is 1. The van der Waals surface area contributed by atoms with Gasteiger partial charge >= 0.3 is 0 Å². The monoisotopic (exact) mass is 396 g/mol. The highest BCUT2D eigenvalue weighted by molar-refractivity contribution is 5.92. The van der Waals surface area contributed by atoms with Gasteiger partial charge in [-0.15, -0.1) is 0 Å². The number of aromatic nitrogens is 3. The maximum atomic E-state index is 12.8. The van der Waals surface area contributed by atoms with Crippen LogP contribution in [-0.4, -0.2) is 76.8 Å². The van der Waals surface area contributed by atoms with Crippen molar-refractivity contribution in [3.8, 4) is 0 Å². The number of likely N-dealkylation sites (tertiary alicyclic amines) is 1. The predicted molar refractivity (Wildman–Crippen MR) is 111 cm³/mol. The molecule has 1 unspecified atom stereocenters. The summed E-state index contributed by atoms with van der Waals surface area (Å²) in [5.74, 6) is 0.0904. The number of hydrogen-bond acceptors (Lipinski definition) is 6. The van der Waals surface area contributed by atoms with E-state index < -0.39 is 0 Å². The fraction of sp³-hybridized carbons (Fsp3) is 0.524. The minimum Gasteiger partial charge on any atom is -0.369 e. The van der Waals surface area contributed by atoms with Crippen LogP contribution in [0, 0.1) is 6.92 Å². The average Bonchev–Trinajstić information content (AvgIpc) is 3.20. The first kappa shape index (κ1) is 19.6. The third-order valence-electron chi connectivity index (χ3n) is 5.90. The Bertz CT molecular complexity index is 964. The molecule has 154 valence electrons. The van der Waals surface area contributed by atoms with Crippen molar-refractivity contribution in [2.75, 3.05) is 51.2 Å². The Hall–Kier alpha value is -2.74. The second-order valence-electron chi connectivity index (χ2n) is 8.10. The van der Waals surface area contributed by atoms with E-state index in [0.29, 0.717) is 18.8 Å². The van der Waals surface area contributed by atoms with Gasteiger partial charge in [0, 0.05) is 75.4 Å². The predicted octanol–water partition coefficient (Wildman–Crippen LogP) is 0.865. The van der Waals surface area contributed by atoms with Gasteiger partial charge in [-0.05, 0) is 38.6 Å². The zero-order valence-electron chi connectivity index (χ0n) is 17.3. The van der Waals surface area contributed by atoms with Crippen LogP contribution in [0.25, 0.3) is 0 Å². The van der Waals surface area contributed by atoms with E-state index in [1.807, 2.05) is 11.8 Å². The number of amides is 1. The van der Waals surface area contributed by atoms with Gasteiger partial charge in [0.15, 0.2) is 0 Å². The highest BCUT2D eigenvalue weighted by Gasteiger charge is 2.30. The molecular formula is C21H28N6O2. The van der Waals surface area contributed by atoms with Gasteiger partial charge < -0.3 is 14.7 Å². The molecule has 0 aliphatic carbocycles. The highest BCUT2D eigenvalue weighted by atomic mass is 16.2. The van der Waals surface area contributed by atoms with Gasteiger partial charge in [0.05, 0.1) is 0 Å². The van der Waals surface area contributed by atoms with E-state index in [4.69, 9.17) is 4.98 Å². The summed E-state index contributed by atoms with van der Waals surface area (Å²) in [5, 5.41) is 4.10. The second-order valence-corrected chi connectivity index (χ2v) is 8.10. The summed E-state index contributed by atoms with van der Waals surface area (Å²) in [5.41, 5.74) is 3.39. The molecule has 2 saturated heterocycles. The number of carbonyl (C=O) groups is 1. The molecule has 2 fully saturated rings. The Kier molecular flexibility index (Phi) is 5.36. The lowest BCUT2D eigenvalue weighted by Crippen LogP contribution is -2.44. The lowest BCUT2D eigenvalue weighted by molar-refractivity contribution is 0.0782. The van der Waals surface area contributed by atoms with E-state index in [2.05, 4.69) is 34.1 Å². The highest BCUT2D eigenvalue weighted by Crippen LogP contribution is 2.30. The minimum atomic E-state index is -0.221. The van der Waals surface area contributed by atoms with E-state index >= 15 is 0 Å². The number of aryl methyl sites for hydroxylation is 2. The van der Waals surface area contributed by atoms with Crippen LogP contribution in [0.2, 0.25) is 0 Å². The maximum Gasteiger partial charge on any atom is 0.274 e. The summed E-state index contributed by atoms with van der Waals surface area (Å²) in [4.78, 5) is 35.7. The summed E-state index contributed by atoms with van der Waals surface area (Å²) in [7, 11) is 3.71. The van der Waals surface area contributed by atoms with Gasteiger partial charge in [-0.2, -0.15) is 5.10 Å². The maximum absolute atomic E-state index is 12.8. The molecule has 8 heteroatoms. The molecule has 0 radical (unpaired) electrons. The molecule has 2 aromatic rings. The van der Waals surface area contributed by atoms with E-state index in [9.17, 15) is 9.59 Å². The summed E-state index contributed by atoms with van der Waals surface area (Å²) >= 11 is 0. The number of hydrogen-bond donors (Lipinski definition) is 0. The van der Waals surface area contributed by atoms with Gasteiger partial charge in [-0.3, -0.25) is 14.6 Å². The molecule has 2 aromatic heterocycles. The fourth-order valence-corrected chi connectivity index (χ4v) is 4.10. The largest absolute Gasteiger partial charge is 0.369 e. The third-order valence-corrected chi connectivity index (χ3v) is 5.90. The Morgan fingerprint density at radius 1 is 1.07 bits per heavy atom. The Morgan fingerprint density at radius 2 is 1.83 bits per heavy atom. The standard InChI is InChI=1S/C21H28N6O2/c1-15-12-17(26-10-8-24(2)9-11-26)13-19(22-15)16-6-7-27(14-16)21(29)18-4-5-20(28)25(3)23-18/h4-5,12-13,16H,6-11,14H2,1-3H3. The smallest absolute Gasteiger partial charge is 0.274 e. The normalized spacial score (nSPS) is 20.3. The summed E-state index contributed by atoms with van der Waals surface area (Å²) in [6, 6.07) is 7.25. The zero-order valence-corrected chi connectivity index (χ0v) is 17.3. The van der Waals surface area contributed by atoms with Crippen LogP contribution in [0.4, 0.5) is 5.69 Å². The fourth-order valence-electron chi connectivity index (χ4n) is 4.10. The summed E-state index contributed by atoms with van der Waals surface area (Å²) in [6.07, 6.45) is 0.885. The molecule has 2 aliphatic rings. The number of anilines is 1. The van der Waals surface area contributed by atoms with Gasteiger partial charge in [-0.25, -0.2) is 4.68 Å². The molecule has 8 nitrogen and oxygen atoms in total. The van der Waals surface area contributed by atoms with Crippen molar-refractivity contribution in [1.82, 2.24) is 24.6 Å². The number of rotatable bonds is 3. The van der Waals surface area contributed by atoms with Gasteiger partial charge in [0.25, 0.3) is 11.5 Å². The van der Waals surface area contributed by atoms with Gasteiger partial charge in [0.1, 0.15) is 5.69 Å². The van der Waals surface area contributed by atoms with Crippen LogP contribution in [0.5, 0.6) is 0 Å². The van der Waals surface area contributed by atoms with Crippen LogP contribution in [0.15, 0.2) is 29.1 Å². The van der Waals surface area contributed by atoms with Crippen molar-refractivity contribution in [2.45, 2.75) is 19.3 Å². The SMILES string of the molecule is Cc1cc(N2CCN(C)CC2)cc(C2CCN(C(=O)c3ccc(=O)n(C)n3)C2)n1. The molecule has 1 atom stereocenters. The van der Waals surface area contributed by atoms with E-state index in [-0.39, 0.29) is 17.4 Å². The van der Waals surface area contributed by atoms with E-state index in [1.165, 1.54) is 22.5 Å². The van der Waals surface area contributed by atoms with Crippen molar-refractivity contribution < 1.29 is 4.79 Å². The number of nitrogens with zero attached hydrogens (tertiary/aromatic N) is 6. The second kappa shape index (κ2) is 7.94.